The van der Waals surface area contributed by atoms with E-state index in [4.69, 9.17) is 5.73 Å². The highest BCUT2D eigenvalue weighted by atomic mass is 15.5. The third-order valence-corrected chi connectivity index (χ3v) is 4.29. The quantitative estimate of drug-likeness (QED) is 0.522. The van der Waals surface area contributed by atoms with Gasteiger partial charge in [0.15, 0.2) is 5.82 Å². The first-order chi connectivity index (χ1) is 11.2. The Bertz CT molecular complexity index is 591. The molecule has 0 amide bonds. The summed E-state index contributed by atoms with van der Waals surface area (Å²) in [6, 6.07) is 5.99. The number of unbranched alkanes of at least 4 members (excludes halogenated alkanes) is 7. The zero-order chi connectivity index (χ0) is 16.5. The number of hydrogen-bond donors (Lipinski definition) is 1. The van der Waals surface area contributed by atoms with Crippen LogP contribution >= 0.6 is 0 Å². The lowest BCUT2D eigenvalue weighted by molar-refractivity contribution is 0.513. The Morgan fingerprint density at radius 1 is 1.00 bits per heavy atom. The van der Waals surface area contributed by atoms with Crippen LogP contribution in [0.1, 0.15) is 63.9 Å². The molecule has 0 bridgehead atoms. The molecule has 5 heteroatoms. The molecule has 0 saturated carbocycles. The summed E-state index contributed by atoms with van der Waals surface area (Å²) in [5.74, 6) is 0.805. The maximum atomic E-state index is 5.99. The van der Waals surface area contributed by atoms with Crippen molar-refractivity contribution >= 4 is 5.69 Å². The van der Waals surface area contributed by atoms with Gasteiger partial charge in [0, 0.05) is 17.8 Å². The molecule has 23 heavy (non-hydrogen) atoms. The average molecular weight is 315 g/mol. The van der Waals surface area contributed by atoms with Crippen LogP contribution in [0.15, 0.2) is 18.2 Å². The molecule has 2 rings (SSSR count). The molecule has 0 aliphatic heterocycles. The van der Waals surface area contributed by atoms with Crippen molar-refractivity contribution in [3.05, 3.63) is 23.8 Å². The molecule has 0 aliphatic rings. The van der Waals surface area contributed by atoms with Gasteiger partial charge < -0.3 is 5.73 Å². The van der Waals surface area contributed by atoms with Crippen molar-refractivity contribution < 1.29 is 0 Å². The van der Waals surface area contributed by atoms with Crippen LogP contribution in [0.25, 0.3) is 11.4 Å². The second kappa shape index (κ2) is 9.28. The number of nitrogen functional groups attached to an aromatic ring is 1. The van der Waals surface area contributed by atoms with E-state index in [1.807, 2.05) is 29.8 Å². The molecule has 0 saturated heterocycles. The number of benzene rings is 1. The zero-order valence-corrected chi connectivity index (χ0v) is 14.5. The SMILES string of the molecule is CCCCCCCCCCn1nnnc1-c1ccc(C)c(N)c1. The molecule has 0 radical (unpaired) electrons. The molecule has 2 aromatic rings. The van der Waals surface area contributed by atoms with Gasteiger partial charge in [0.1, 0.15) is 0 Å². The molecule has 0 fully saturated rings. The van der Waals surface area contributed by atoms with Crippen LogP contribution in [0, 0.1) is 6.92 Å². The van der Waals surface area contributed by atoms with Gasteiger partial charge in [-0.15, -0.1) is 5.10 Å². The number of rotatable bonds is 10. The Hall–Kier alpha value is -1.91. The molecule has 2 N–H and O–H groups in total. The van der Waals surface area contributed by atoms with Gasteiger partial charge in [-0.3, -0.25) is 0 Å². The highest BCUT2D eigenvalue weighted by molar-refractivity contribution is 5.63. The van der Waals surface area contributed by atoms with Gasteiger partial charge in [0.2, 0.25) is 0 Å². The van der Waals surface area contributed by atoms with Gasteiger partial charge in [-0.05, 0) is 35.4 Å². The van der Waals surface area contributed by atoms with E-state index in [1.165, 1.54) is 44.9 Å². The van der Waals surface area contributed by atoms with Gasteiger partial charge in [-0.1, -0.05) is 64.0 Å². The van der Waals surface area contributed by atoms with Crippen LogP contribution in [-0.4, -0.2) is 20.2 Å². The van der Waals surface area contributed by atoms with Crippen molar-refractivity contribution in [2.45, 2.75) is 71.8 Å². The summed E-state index contributed by atoms with van der Waals surface area (Å²) < 4.78 is 1.89. The Morgan fingerprint density at radius 2 is 1.70 bits per heavy atom. The van der Waals surface area contributed by atoms with Crippen LogP contribution < -0.4 is 5.73 Å². The summed E-state index contributed by atoms with van der Waals surface area (Å²) in [4.78, 5) is 0. The van der Waals surface area contributed by atoms with Gasteiger partial charge in [-0.25, -0.2) is 4.68 Å². The number of aryl methyl sites for hydroxylation is 2. The van der Waals surface area contributed by atoms with Crippen molar-refractivity contribution in [2.24, 2.45) is 0 Å². The summed E-state index contributed by atoms with van der Waals surface area (Å²) in [5.41, 5.74) is 8.83. The monoisotopic (exact) mass is 315 g/mol. The van der Waals surface area contributed by atoms with Crippen LogP contribution in [-0.2, 0) is 6.54 Å². The summed E-state index contributed by atoms with van der Waals surface area (Å²) in [6.07, 6.45) is 10.4. The van der Waals surface area contributed by atoms with Gasteiger partial charge >= 0.3 is 0 Å². The minimum Gasteiger partial charge on any atom is -0.398 e. The lowest BCUT2D eigenvalue weighted by Crippen LogP contribution is -2.03. The number of tetrazole rings is 1. The molecule has 0 aliphatic carbocycles. The van der Waals surface area contributed by atoms with Crippen LogP contribution in [0.2, 0.25) is 0 Å². The van der Waals surface area contributed by atoms with E-state index in [1.54, 1.807) is 0 Å². The number of aromatic nitrogens is 4. The fourth-order valence-electron chi connectivity index (χ4n) is 2.74. The van der Waals surface area contributed by atoms with E-state index >= 15 is 0 Å². The lowest BCUT2D eigenvalue weighted by atomic mass is 10.1. The molecule has 1 aromatic carbocycles. The average Bonchev–Trinajstić information content (AvgIpc) is 3.01. The summed E-state index contributed by atoms with van der Waals surface area (Å²) >= 11 is 0. The largest absolute Gasteiger partial charge is 0.398 e. The topological polar surface area (TPSA) is 69.6 Å². The molecule has 126 valence electrons. The predicted octanol–water partition coefficient (Wildman–Crippen LogP) is 4.37. The summed E-state index contributed by atoms with van der Waals surface area (Å²) in [7, 11) is 0. The number of nitrogens with two attached hydrogens (primary N) is 1. The van der Waals surface area contributed by atoms with E-state index < -0.39 is 0 Å². The van der Waals surface area contributed by atoms with E-state index in [0.717, 1.165) is 35.6 Å². The van der Waals surface area contributed by atoms with Crippen molar-refractivity contribution in [1.82, 2.24) is 20.2 Å². The van der Waals surface area contributed by atoms with E-state index in [0.29, 0.717) is 0 Å². The molecule has 5 nitrogen and oxygen atoms in total. The second-order valence-corrected chi connectivity index (χ2v) is 6.27. The third-order valence-electron chi connectivity index (χ3n) is 4.29. The maximum absolute atomic E-state index is 5.99. The van der Waals surface area contributed by atoms with Crippen LogP contribution in [0.4, 0.5) is 5.69 Å². The Labute approximate surface area is 139 Å². The van der Waals surface area contributed by atoms with E-state index in [-0.39, 0.29) is 0 Å². The summed E-state index contributed by atoms with van der Waals surface area (Å²) in [6.45, 7) is 5.12. The van der Waals surface area contributed by atoms with Crippen molar-refractivity contribution in [1.29, 1.82) is 0 Å². The van der Waals surface area contributed by atoms with Crippen molar-refractivity contribution in [2.75, 3.05) is 5.73 Å². The maximum Gasteiger partial charge on any atom is 0.182 e. The van der Waals surface area contributed by atoms with Crippen molar-refractivity contribution in [3.8, 4) is 11.4 Å². The third kappa shape index (κ3) is 5.34. The van der Waals surface area contributed by atoms with E-state index in [9.17, 15) is 0 Å². The fraction of sp³-hybridized carbons (Fsp3) is 0.611. The highest BCUT2D eigenvalue weighted by Gasteiger charge is 2.09. The molecule has 0 unspecified atom stereocenters. The Kier molecular flexibility index (Phi) is 7.04. The first-order valence-electron chi connectivity index (χ1n) is 8.85. The fourth-order valence-corrected chi connectivity index (χ4v) is 2.74. The summed E-state index contributed by atoms with van der Waals surface area (Å²) in [5, 5.41) is 12.1. The predicted molar refractivity (Wildman–Crippen MR) is 95.0 cm³/mol. The smallest absolute Gasteiger partial charge is 0.182 e. The Morgan fingerprint density at radius 3 is 2.39 bits per heavy atom. The molecular formula is C18H29N5. The standard InChI is InChI=1S/C18H29N5/c1-3-4-5-6-7-8-9-10-13-23-18(20-21-22-23)16-12-11-15(2)17(19)14-16/h11-12,14H,3-10,13,19H2,1-2H3. The van der Waals surface area contributed by atoms with Crippen molar-refractivity contribution in [3.63, 3.8) is 0 Å². The van der Waals surface area contributed by atoms with Gasteiger partial charge in [0.25, 0.3) is 0 Å². The van der Waals surface area contributed by atoms with Crippen LogP contribution in [0.5, 0.6) is 0 Å². The number of nitrogens with zero attached hydrogens (tertiary/aromatic N) is 4. The van der Waals surface area contributed by atoms with Gasteiger partial charge in [0.05, 0.1) is 0 Å². The van der Waals surface area contributed by atoms with Crippen LogP contribution in [0.3, 0.4) is 0 Å². The minimum absolute atomic E-state index is 0.782. The Balaban J connectivity index is 1.79. The molecule has 1 heterocycles. The number of anilines is 1. The minimum atomic E-state index is 0.782. The zero-order valence-electron chi connectivity index (χ0n) is 14.5. The van der Waals surface area contributed by atoms with E-state index in [2.05, 4.69) is 22.4 Å². The highest BCUT2D eigenvalue weighted by Crippen LogP contribution is 2.21. The van der Waals surface area contributed by atoms with Gasteiger partial charge in [-0.2, -0.15) is 0 Å². The molecule has 0 atom stereocenters. The normalized spacial score (nSPS) is 11.0. The second-order valence-electron chi connectivity index (χ2n) is 6.27. The lowest BCUT2D eigenvalue weighted by Gasteiger charge is -2.07. The molecule has 1 aromatic heterocycles. The molecule has 0 spiro atoms. The molecular weight excluding hydrogens is 286 g/mol. The number of hydrogen-bond acceptors (Lipinski definition) is 4. The first-order valence-corrected chi connectivity index (χ1v) is 8.85. The first kappa shape index (κ1) is 17.4.